The van der Waals surface area contributed by atoms with E-state index in [0.29, 0.717) is 10.9 Å². The molecule has 0 aliphatic carbocycles. The number of hydrazone groups is 1. The fraction of sp³-hybridized carbons (Fsp3) is 0.364. The number of hydrogen-bond acceptors (Lipinski definition) is 7. The van der Waals surface area contributed by atoms with Gasteiger partial charge in [0.15, 0.2) is 5.16 Å². The van der Waals surface area contributed by atoms with E-state index in [-0.39, 0.29) is 6.61 Å². The Bertz CT molecular complexity index is 494. The summed E-state index contributed by atoms with van der Waals surface area (Å²) in [5.74, 6) is -0.488. The van der Waals surface area contributed by atoms with Crippen LogP contribution in [0.15, 0.2) is 28.7 Å². The van der Waals surface area contributed by atoms with Crippen LogP contribution in [0.2, 0.25) is 0 Å². The molecule has 2 amide bonds. The van der Waals surface area contributed by atoms with Crippen LogP contribution >= 0.6 is 11.8 Å². The third-order valence-electron chi connectivity index (χ3n) is 1.99. The molecule has 0 aromatic carbocycles. The number of hydrogen-bond donors (Lipinski definition) is 2. The lowest BCUT2D eigenvalue weighted by Crippen LogP contribution is -2.32. The zero-order chi connectivity index (χ0) is 15.0. The number of amides is 2. The van der Waals surface area contributed by atoms with Gasteiger partial charge in [-0.05, 0) is 19.9 Å². The van der Waals surface area contributed by atoms with E-state index in [0.717, 1.165) is 11.8 Å². The highest BCUT2D eigenvalue weighted by atomic mass is 32.2. The van der Waals surface area contributed by atoms with E-state index < -0.39 is 17.3 Å². The van der Waals surface area contributed by atoms with Crippen molar-refractivity contribution < 1.29 is 14.3 Å². The highest BCUT2D eigenvalue weighted by Gasteiger charge is 2.26. The molecule has 0 bridgehead atoms. The summed E-state index contributed by atoms with van der Waals surface area (Å²) in [6.07, 6.45) is 3.12. The topological polar surface area (TPSA) is 120 Å². The maximum atomic E-state index is 11.9. The van der Waals surface area contributed by atoms with Crippen LogP contribution in [-0.2, 0) is 9.53 Å². The zero-order valence-corrected chi connectivity index (χ0v) is 11.9. The summed E-state index contributed by atoms with van der Waals surface area (Å²) < 4.78 is 4.96. The quantitative estimate of drug-likeness (QED) is 0.260. The standard InChI is InChI=1S/C11H15N5O3S/c1-3-19-9(17)8(7(2)15-16-10(12)18)20-11-13-5-4-6-14-11/h4-6,8H,3H2,1-2H3,(H3,12,16,18)/b15-7+. The SMILES string of the molecule is CCOC(=O)C(Sc1ncccn1)/C(C)=N/NC(N)=O. The second-order valence-electron chi connectivity index (χ2n) is 3.51. The smallest absolute Gasteiger partial charge is 0.332 e. The third-order valence-corrected chi connectivity index (χ3v) is 3.18. The van der Waals surface area contributed by atoms with E-state index in [1.165, 1.54) is 0 Å². The molecule has 1 rings (SSSR count). The summed E-state index contributed by atoms with van der Waals surface area (Å²) in [4.78, 5) is 30.6. The maximum absolute atomic E-state index is 11.9. The Labute approximate surface area is 120 Å². The molecule has 3 N–H and O–H groups in total. The summed E-state index contributed by atoms with van der Waals surface area (Å²) in [7, 11) is 0. The number of urea groups is 1. The van der Waals surface area contributed by atoms with Gasteiger partial charge in [0.25, 0.3) is 0 Å². The first-order valence-corrected chi connectivity index (χ1v) is 6.62. The molecule has 0 saturated carbocycles. The molecule has 1 atom stereocenters. The van der Waals surface area contributed by atoms with Crippen LogP contribution in [0.4, 0.5) is 4.79 Å². The lowest BCUT2D eigenvalue weighted by atomic mass is 10.3. The number of ether oxygens (including phenoxy) is 1. The van der Waals surface area contributed by atoms with Gasteiger partial charge in [-0.2, -0.15) is 5.10 Å². The number of carbonyl (C=O) groups is 2. The summed E-state index contributed by atoms with van der Waals surface area (Å²) in [5.41, 5.74) is 7.33. The Morgan fingerprint density at radius 1 is 1.50 bits per heavy atom. The fourth-order valence-corrected chi connectivity index (χ4v) is 2.02. The van der Waals surface area contributed by atoms with Crippen LogP contribution in [0.3, 0.4) is 0 Å². The first-order valence-electron chi connectivity index (χ1n) is 5.74. The lowest BCUT2D eigenvalue weighted by molar-refractivity contribution is -0.141. The number of thioether (sulfide) groups is 1. The van der Waals surface area contributed by atoms with Gasteiger partial charge in [-0.15, -0.1) is 0 Å². The normalized spacial score (nSPS) is 12.6. The van der Waals surface area contributed by atoms with Crippen LogP contribution in [-0.4, -0.2) is 39.5 Å². The lowest BCUT2D eigenvalue weighted by Gasteiger charge is -2.13. The number of nitrogens with two attached hydrogens (primary N) is 1. The van der Waals surface area contributed by atoms with Gasteiger partial charge in [-0.3, -0.25) is 4.79 Å². The van der Waals surface area contributed by atoms with Crippen molar-refractivity contribution in [2.24, 2.45) is 10.8 Å². The predicted molar refractivity (Wildman–Crippen MR) is 74.1 cm³/mol. The Morgan fingerprint density at radius 2 is 2.15 bits per heavy atom. The molecular weight excluding hydrogens is 282 g/mol. The highest BCUT2D eigenvalue weighted by Crippen LogP contribution is 2.21. The number of carbonyl (C=O) groups excluding carboxylic acids is 2. The molecular formula is C11H15N5O3S. The van der Waals surface area contributed by atoms with Gasteiger partial charge in [0.1, 0.15) is 5.25 Å². The van der Waals surface area contributed by atoms with Crippen molar-refractivity contribution in [2.45, 2.75) is 24.3 Å². The van der Waals surface area contributed by atoms with Gasteiger partial charge in [0.05, 0.1) is 12.3 Å². The van der Waals surface area contributed by atoms with Gasteiger partial charge >= 0.3 is 12.0 Å². The Hall–Kier alpha value is -2.16. The number of nitrogens with one attached hydrogen (secondary N) is 1. The van der Waals surface area contributed by atoms with E-state index in [9.17, 15) is 9.59 Å². The van der Waals surface area contributed by atoms with Gasteiger partial charge in [0.2, 0.25) is 0 Å². The van der Waals surface area contributed by atoms with Gasteiger partial charge in [0, 0.05) is 12.4 Å². The molecule has 8 nitrogen and oxygen atoms in total. The summed E-state index contributed by atoms with van der Waals surface area (Å²) >= 11 is 1.08. The van der Waals surface area contributed by atoms with Crippen LogP contribution in [0.25, 0.3) is 0 Å². The average Bonchev–Trinajstić information content (AvgIpc) is 2.43. The van der Waals surface area contributed by atoms with Crippen molar-refractivity contribution >= 4 is 29.5 Å². The predicted octanol–water partition coefficient (Wildman–Crippen LogP) is 0.545. The van der Waals surface area contributed by atoms with E-state index >= 15 is 0 Å². The minimum Gasteiger partial charge on any atom is -0.465 e. The molecule has 9 heteroatoms. The summed E-state index contributed by atoms with van der Waals surface area (Å²) in [6.45, 7) is 3.52. The molecule has 1 unspecified atom stereocenters. The molecule has 0 aliphatic rings. The van der Waals surface area contributed by atoms with E-state index in [1.807, 2.05) is 0 Å². The second-order valence-corrected chi connectivity index (χ2v) is 4.58. The Kier molecular flexibility index (Phi) is 6.44. The largest absolute Gasteiger partial charge is 0.465 e. The number of aromatic nitrogens is 2. The van der Waals surface area contributed by atoms with Crippen LogP contribution in [0.1, 0.15) is 13.8 Å². The van der Waals surface area contributed by atoms with Crippen LogP contribution < -0.4 is 11.2 Å². The van der Waals surface area contributed by atoms with Crippen molar-refractivity contribution in [3.63, 3.8) is 0 Å². The van der Waals surface area contributed by atoms with E-state index in [2.05, 4.69) is 20.5 Å². The minimum atomic E-state index is -0.812. The fourth-order valence-electron chi connectivity index (χ4n) is 1.18. The Balaban J connectivity index is 2.87. The number of primary amides is 1. The Morgan fingerprint density at radius 3 is 2.70 bits per heavy atom. The van der Waals surface area contributed by atoms with Crippen molar-refractivity contribution in [3.8, 4) is 0 Å². The third kappa shape index (κ3) is 5.22. The minimum absolute atomic E-state index is 0.238. The van der Waals surface area contributed by atoms with E-state index in [1.54, 1.807) is 32.3 Å². The van der Waals surface area contributed by atoms with Crippen molar-refractivity contribution in [1.29, 1.82) is 0 Å². The zero-order valence-electron chi connectivity index (χ0n) is 11.1. The number of esters is 1. The highest BCUT2D eigenvalue weighted by molar-refractivity contribution is 8.01. The molecule has 0 fully saturated rings. The summed E-state index contributed by atoms with van der Waals surface area (Å²) in [6, 6.07) is 0.854. The molecule has 0 aliphatic heterocycles. The molecule has 1 aromatic heterocycles. The van der Waals surface area contributed by atoms with Crippen molar-refractivity contribution in [1.82, 2.24) is 15.4 Å². The average molecular weight is 297 g/mol. The van der Waals surface area contributed by atoms with Crippen LogP contribution in [0, 0.1) is 0 Å². The molecule has 0 radical (unpaired) electrons. The molecule has 0 spiro atoms. The molecule has 1 heterocycles. The number of rotatable bonds is 6. The van der Waals surface area contributed by atoms with Gasteiger partial charge in [-0.1, -0.05) is 11.8 Å². The van der Waals surface area contributed by atoms with Crippen molar-refractivity contribution in [2.75, 3.05) is 6.61 Å². The van der Waals surface area contributed by atoms with Gasteiger partial charge < -0.3 is 10.5 Å². The molecule has 20 heavy (non-hydrogen) atoms. The molecule has 0 saturated heterocycles. The first-order chi connectivity index (χ1) is 9.54. The van der Waals surface area contributed by atoms with Crippen LogP contribution in [0.5, 0.6) is 0 Å². The molecule has 108 valence electrons. The monoisotopic (exact) mass is 297 g/mol. The van der Waals surface area contributed by atoms with E-state index in [4.69, 9.17) is 10.5 Å². The molecule has 1 aromatic rings. The van der Waals surface area contributed by atoms with Crippen molar-refractivity contribution in [3.05, 3.63) is 18.5 Å². The van der Waals surface area contributed by atoms with Gasteiger partial charge in [-0.25, -0.2) is 20.2 Å². The maximum Gasteiger partial charge on any atom is 0.332 e. The second kappa shape index (κ2) is 8.10. The summed E-state index contributed by atoms with van der Waals surface area (Å²) in [5, 5.41) is 3.38. The first kappa shape index (κ1) is 15.9. The number of nitrogens with zero attached hydrogens (tertiary/aromatic N) is 3.